The Bertz CT molecular complexity index is 3170. The maximum absolute atomic E-state index is 14.5. The first kappa shape index (κ1) is 76.4. The van der Waals surface area contributed by atoms with Gasteiger partial charge in [0.25, 0.3) is 0 Å². The highest BCUT2D eigenvalue weighted by molar-refractivity contribution is 7.81. The van der Waals surface area contributed by atoms with Crippen LogP contribution in [0.25, 0.3) is 0 Å². The number of esters is 1. The van der Waals surface area contributed by atoms with E-state index in [4.69, 9.17) is 61.0 Å². The molecule has 3 saturated carbocycles. The van der Waals surface area contributed by atoms with Gasteiger partial charge >= 0.3 is 37.2 Å². The number of ether oxygens (including phenoxy) is 12. The second-order valence-corrected chi connectivity index (χ2v) is 32.0. The van der Waals surface area contributed by atoms with E-state index < -0.39 is 227 Å². The minimum absolute atomic E-state index is 0.0455. The second-order valence-electron chi connectivity index (χ2n) is 28.7. The summed E-state index contributed by atoms with van der Waals surface area (Å²) < 4.78 is 186. The van der Waals surface area contributed by atoms with Crippen molar-refractivity contribution in [2.45, 2.75) is 266 Å². The molecule has 9 fully saturated rings. The van der Waals surface area contributed by atoms with E-state index in [0.29, 0.717) is 25.7 Å². The number of methoxy groups -OCH3 is 1. The minimum Gasteiger partial charge on any atom is -0.459 e. The molecule has 0 aromatic carbocycles. The van der Waals surface area contributed by atoms with Crippen molar-refractivity contribution in [2.24, 2.45) is 39.4 Å². The third-order valence-corrected chi connectivity index (χ3v) is 23.8. The van der Waals surface area contributed by atoms with Crippen molar-refractivity contribution in [2.75, 3.05) is 33.5 Å². The van der Waals surface area contributed by atoms with E-state index in [1.807, 2.05) is 0 Å². The zero-order chi connectivity index (χ0) is 70.5. The zero-order valence-corrected chi connectivity index (χ0v) is 57.0. The number of hydrogen-bond donors (Lipinski definition) is 12. The average molecular weight is 1440 g/mol. The molecular weight excluding hydrogens is 1350 g/mol. The molecule has 0 radical (unpaired) electrons. The molecule has 6 saturated heterocycles. The molecule has 0 amide bonds. The van der Waals surface area contributed by atoms with Crippen LogP contribution in [0, 0.1) is 39.4 Å². The summed E-state index contributed by atoms with van der Waals surface area (Å²) in [7, 11) is -14.8. The smallest absolute Gasteiger partial charge is 0.397 e. The number of carbonyl (C=O) groups excluding carboxylic acids is 1. The van der Waals surface area contributed by atoms with Crippen LogP contribution in [0.3, 0.4) is 0 Å². The molecule has 4 aliphatic carbocycles. The summed E-state index contributed by atoms with van der Waals surface area (Å²) in [5, 5.41) is 103. The molecule has 34 nitrogen and oxygen atoms in total. The summed E-state index contributed by atoms with van der Waals surface area (Å²) in [5.41, 5.74) is -0.265. The Morgan fingerprint density at radius 3 is 1.77 bits per heavy atom. The van der Waals surface area contributed by atoms with Crippen LogP contribution in [0.4, 0.5) is 0 Å². The fraction of sp³-hybridized carbons (Fsp3) is 0.915. The van der Waals surface area contributed by atoms with Crippen LogP contribution < -0.4 is 0 Å². The lowest BCUT2D eigenvalue weighted by molar-refractivity contribution is -0.403. The van der Waals surface area contributed by atoms with Crippen LogP contribution in [0.15, 0.2) is 23.3 Å². The highest BCUT2D eigenvalue weighted by Crippen LogP contribution is 2.76. The Morgan fingerprint density at radius 2 is 1.17 bits per heavy atom. The van der Waals surface area contributed by atoms with Gasteiger partial charge in [-0.25, -0.2) is 12.5 Å². The number of hydrogen-bond acceptors (Lipinski definition) is 31. The van der Waals surface area contributed by atoms with Gasteiger partial charge in [0.1, 0.15) is 109 Å². The summed E-state index contributed by atoms with van der Waals surface area (Å²) in [4.78, 5) is 14.5. The Kier molecular flexibility index (Phi) is 22.6. The molecule has 96 heavy (non-hydrogen) atoms. The predicted octanol–water partition coefficient (Wildman–Crippen LogP) is -1.44. The van der Waals surface area contributed by atoms with Crippen molar-refractivity contribution in [1.82, 2.24) is 0 Å². The fourth-order valence-electron chi connectivity index (χ4n) is 17.6. The largest absolute Gasteiger partial charge is 0.459 e. The van der Waals surface area contributed by atoms with Crippen LogP contribution in [0.1, 0.15) is 113 Å². The summed E-state index contributed by atoms with van der Waals surface area (Å²) in [6.45, 7) is 12.4. The van der Waals surface area contributed by atoms with Crippen LogP contribution in [0.2, 0.25) is 0 Å². The third kappa shape index (κ3) is 14.7. The number of cyclic esters (lactones) is 1. The number of allylic oxidation sites excluding steroid dienone is 4. The first-order valence-electron chi connectivity index (χ1n) is 32.2. The van der Waals surface area contributed by atoms with Crippen LogP contribution >= 0.6 is 0 Å². The Morgan fingerprint density at radius 1 is 0.594 bits per heavy atom. The molecule has 0 bridgehead atoms. The van der Waals surface area contributed by atoms with E-state index in [0.717, 1.165) is 39.2 Å². The average Bonchev–Trinajstić information content (AvgIpc) is 1.47. The van der Waals surface area contributed by atoms with E-state index in [1.165, 1.54) is 18.1 Å². The highest BCUT2D eigenvalue weighted by Gasteiger charge is 2.76. The maximum atomic E-state index is 14.5. The lowest BCUT2D eigenvalue weighted by Crippen LogP contribution is -2.68. The molecule has 552 valence electrons. The van der Waals surface area contributed by atoms with Gasteiger partial charge in [-0.2, -0.15) is 25.3 Å². The molecule has 10 aliphatic rings. The van der Waals surface area contributed by atoms with E-state index >= 15 is 0 Å². The van der Waals surface area contributed by atoms with Crippen molar-refractivity contribution >= 4 is 37.2 Å². The summed E-state index contributed by atoms with van der Waals surface area (Å²) in [6, 6.07) is 0. The van der Waals surface area contributed by atoms with Gasteiger partial charge in [0.05, 0.1) is 44.1 Å². The minimum atomic E-state index is -5.32. The van der Waals surface area contributed by atoms with E-state index in [9.17, 15) is 89.7 Å². The molecule has 1 spiro atoms. The lowest BCUT2D eigenvalue weighted by Gasteiger charge is -2.64. The number of aliphatic hydroxyl groups is 9. The fourth-order valence-corrected chi connectivity index (χ4v) is 18.7. The van der Waals surface area contributed by atoms with Gasteiger partial charge < -0.3 is 103 Å². The van der Waals surface area contributed by atoms with Gasteiger partial charge in [0, 0.05) is 18.4 Å². The molecule has 37 heteroatoms. The van der Waals surface area contributed by atoms with Gasteiger partial charge in [-0.15, -0.1) is 0 Å². The van der Waals surface area contributed by atoms with E-state index in [2.05, 4.69) is 69.0 Å². The normalized spacial score (nSPS) is 48.2. The molecular formula is C59H94O34S3. The molecule has 31 atom stereocenters. The first-order chi connectivity index (χ1) is 44.6. The Hall–Kier alpha value is -2.24. The number of carbonyl (C=O) groups is 1. The van der Waals surface area contributed by atoms with Crippen molar-refractivity contribution in [3.05, 3.63) is 23.3 Å². The summed E-state index contributed by atoms with van der Waals surface area (Å²) >= 11 is 0. The number of fused-ring (bicyclic) bond motifs is 4. The summed E-state index contributed by atoms with van der Waals surface area (Å²) in [6.07, 6.45) is -35.4. The molecule has 0 aromatic heterocycles. The highest BCUT2D eigenvalue weighted by atomic mass is 32.3. The SMILES string of the molecule is CO[C@@H]1[C@@H](O)[C@H](O[C@@H]2[C@@H](O)[C@H](O[C@H]3[C@H](O)[C@@H](O[C@@H]4OC[C@@H](O)[C@H](O)[C@H]4O)[C@H](O[C@H]4[C@H](O[C@H]5CC[C@]6(C)[C@@H]7CC[C@]89C(=O)O[C@@](C)(CCC=C(C)C)[C@H]8CC[C@@]9(C)C7=CC[C@H]6C5(C)C)OC[C@@H](OS(=O)(=O)O)[C@@H]4O)O[C@@H]3C)O[C@H](COS(=O)(=O)O)[C@H]2O)O[C@H](COS(=O)(=O)O)[C@H]1O. The van der Waals surface area contributed by atoms with Crippen LogP contribution in [-0.4, -0.2) is 277 Å². The van der Waals surface area contributed by atoms with Gasteiger partial charge in [-0.3, -0.25) is 18.5 Å². The second kappa shape index (κ2) is 28.4. The van der Waals surface area contributed by atoms with Crippen molar-refractivity contribution in [1.29, 1.82) is 0 Å². The van der Waals surface area contributed by atoms with E-state index in [-0.39, 0.29) is 29.1 Å². The monoisotopic (exact) mass is 1440 g/mol. The van der Waals surface area contributed by atoms with Crippen molar-refractivity contribution in [3.63, 3.8) is 0 Å². The standard InChI is InChI=1S/C59H94O34S3/c1-25(2)11-10-17-58(8)34-15-19-57(7)28-12-13-33-55(4,5)35(16-18-56(33,6)27(28)14-20-59(34,57)54(69)92-58)87-52-47(39(64)32(22-81-52)93-96(76,77)78)91-53-48(90-49-40(65)36(61)29(60)21-80-49)41(66)44(26(3)84-53)88-51-43(68)46(38(63)31(86-51)24-83-95(73,74)75)89-50-42(67)45(79-9)37(62)30(85-50)23-82-94(70,71)72/h11-12,26-27,29-53,60-68H,10,13-24H2,1-9H3,(H,70,71,72)(H,73,74,75)(H,76,77,78)/t26-,27-,29-,30-,31-,32-,33+,34-,35+,36+,37-,38-,39+,40-,41+,42-,43-,44-,45+,46+,47-,48-,49+,50+,51+,52+,53+,56-,57+,58+,59-/m1/s1. The quantitative estimate of drug-likeness (QED) is 0.0335. The third-order valence-electron chi connectivity index (χ3n) is 22.5. The lowest BCUT2D eigenvalue weighted by atomic mass is 9.41. The Labute approximate surface area is 556 Å². The molecule has 6 aliphatic heterocycles. The number of aliphatic hydroxyl groups excluding tert-OH is 9. The number of rotatable bonds is 22. The maximum Gasteiger partial charge on any atom is 0.397 e. The first-order valence-corrected chi connectivity index (χ1v) is 36.3. The molecule has 0 aromatic rings. The zero-order valence-electron chi connectivity index (χ0n) is 54.5. The Balaban J connectivity index is 0.918. The van der Waals surface area contributed by atoms with Gasteiger partial charge in [-0.05, 0) is 108 Å². The van der Waals surface area contributed by atoms with Gasteiger partial charge in [0.15, 0.2) is 31.5 Å². The van der Waals surface area contributed by atoms with Crippen LogP contribution in [-0.2, 0) is 105 Å². The van der Waals surface area contributed by atoms with Crippen LogP contribution in [0.5, 0.6) is 0 Å². The van der Waals surface area contributed by atoms with E-state index in [1.54, 1.807) is 0 Å². The summed E-state index contributed by atoms with van der Waals surface area (Å²) in [5.74, 6) is -0.0350. The van der Waals surface area contributed by atoms with Crippen molar-refractivity contribution < 1.29 is 159 Å². The predicted molar refractivity (Wildman–Crippen MR) is 318 cm³/mol. The van der Waals surface area contributed by atoms with Gasteiger partial charge in [0.2, 0.25) is 0 Å². The molecule has 6 heterocycles. The van der Waals surface area contributed by atoms with Crippen molar-refractivity contribution in [3.8, 4) is 0 Å². The topological polar surface area (TPSA) is 501 Å². The van der Waals surface area contributed by atoms with Gasteiger partial charge in [-0.1, -0.05) is 51.0 Å². The molecule has 12 N–H and O–H groups in total. The molecule has 0 unspecified atom stereocenters. The molecule has 10 rings (SSSR count).